The Morgan fingerprint density at radius 1 is 0.592 bits per heavy atom. The van der Waals surface area contributed by atoms with E-state index in [-0.39, 0.29) is 43.2 Å². The summed E-state index contributed by atoms with van der Waals surface area (Å²) < 4.78 is 37.9. The predicted octanol–water partition coefficient (Wildman–Crippen LogP) is 10.7. The molecule has 412 valence electrons. The number of carbonyl (C=O) groups excluding carboxylic acids is 3. The first-order valence-corrected chi connectivity index (χ1v) is 27.6. The van der Waals surface area contributed by atoms with Gasteiger partial charge in [-0.05, 0) is 127 Å². The van der Waals surface area contributed by atoms with Gasteiger partial charge >= 0.3 is 18.3 Å². The zero-order valence-electron chi connectivity index (χ0n) is 45.2. The van der Waals surface area contributed by atoms with E-state index in [1.807, 2.05) is 62.3 Å². The molecule has 3 heterocycles. The standard InChI is InChI=1S/C13H25NO4.C13H23NO3.C12H20O2.C10H19NO3.C3H5Br.C3H3Br/c1-13(2,3)18-12(16)14-7-5-11(6-8-14)17-10-4-9-15;1-5-10-16-11-6-8-14(9-7-11)12(15)17-13(2,3)4;1-2-9-13-10-6-11-14-12-7-4-3-5-8-12;1-10(2,3)14-9(13)11-6-4-8(12)5-7-11;2*1-2-3-4/h11,15H,4-10H2,1-3H3;5,11H,1,6-10H2,2-4H3;1,12H,3-11H2;8,12H,4-7H2,1-3H3;2H,1,3H2;1H,3H2. The third-order valence-electron chi connectivity index (χ3n) is 10.1. The lowest BCUT2D eigenvalue weighted by Gasteiger charge is -2.33. The molecule has 4 fully saturated rings. The van der Waals surface area contributed by atoms with Crippen molar-refractivity contribution in [2.45, 2.75) is 187 Å². The maximum Gasteiger partial charge on any atom is 0.410 e. The summed E-state index contributed by atoms with van der Waals surface area (Å²) in [4.78, 5) is 40.3. The first-order chi connectivity index (χ1) is 33.5. The normalized spacial score (nSPS) is 16.9. The topological polar surface area (TPSA) is 166 Å². The Kier molecular flexibility index (Phi) is 42.0. The third kappa shape index (κ3) is 43.3. The second-order valence-corrected chi connectivity index (χ2v) is 21.3. The fourth-order valence-corrected chi connectivity index (χ4v) is 6.73. The van der Waals surface area contributed by atoms with E-state index >= 15 is 0 Å². The van der Waals surface area contributed by atoms with Crippen LogP contribution >= 0.6 is 31.9 Å². The van der Waals surface area contributed by atoms with Gasteiger partial charge in [0.25, 0.3) is 0 Å². The van der Waals surface area contributed by atoms with Gasteiger partial charge in [-0.1, -0.05) is 75.1 Å². The average molecular weight is 1140 g/mol. The summed E-state index contributed by atoms with van der Waals surface area (Å²) in [5, 5.41) is 19.5. The summed E-state index contributed by atoms with van der Waals surface area (Å²) in [6.45, 7) is 31.1. The van der Waals surface area contributed by atoms with Crippen LogP contribution in [0.2, 0.25) is 0 Å². The number of aliphatic hydroxyl groups excluding tert-OH is 2. The number of aliphatic hydroxyl groups is 2. The van der Waals surface area contributed by atoms with Crippen LogP contribution in [0.3, 0.4) is 0 Å². The van der Waals surface area contributed by atoms with Crippen LogP contribution in [-0.4, -0.2) is 174 Å². The van der Waals surface area contributed by atoms with Crippen molar-refractivity contribution in [1.82, 2.24) is 14.7 Å². The Labute approximate surface area is 447 Å². The van der Waals surface area contributed by atoms with E-state index < -0.39 is 16.8 Å². The Balaban J connectivity index is 0. The molecule has 0 radical (unpaired) electrons. The van der Waals surface area contributed by atoms with Gasteiger partial charge in [-0.3, -0.25) is 0 Å². The quantitative estimate of drug-likeness (QED) is 0.0557. The van der Waals surface area contributed by atoms with Crippen LogP contribution in [0.4, 0.5) is 14.4 Å². The number of terminal acetylenes is 2. The summed E-state index contributed by atoms with van der Waals surface area (Å²) in [5.41, 5.74) is -1.30. The van der Waals surface area contributed by atoms with Gasteiger partial charge in [0.05, 0.1) is 43.0 Å². The molecule has 15 nitrogen and oxygen atoms in total. The highest BCUT2D eigenvalue weighted by Crippen LogP contribution is 2.21. The maximum absolute atomic E-state index is 11.8. The molecule has 0 bridgehead atoms. The highest BCUT2D eigenvalue weighted by molar-refractivity contribution is 9.09. The molecular weight excluding hydrogens is 1040 g/mol. The van der Waals surface area contributed by atoms with Gasteiger partial charge in [0, 0.05) is 64.4 Å². The number of carbonyl (C=O) groups is 3. The SMILES string of the molecule is C#CCBr.C#CCOCCCOC1CCCCC1.C=CCBr.C=CCOC1CCN(C(=O)OC(C)(C)C)CC1.CC(C)(C)OC(=O)N1CCC(O)CC1.CC(C)(C)OC(=O)N1CCC(OCCCO)CC1. The second kappa shape index (κ2) is 42.5. The molecule has 1 saturated carbocycles. The van der Waals surface area contributed by atoms with Crippen LogP contribution in [0.25, 0.3) is 0 Å². The van der Waals surface area contributed by atoms with E-state index in [9.17, 15) is 19.5 Å². The van der Waals surface area contributed by atoms with Crippen LogP contribution in [0, 0.1) is 24.7 Å². The van der Waals surface area contributed by atoms with E-state index in [0.717, 1.165) is 50.6 Å². The maximum atomic E-state index is 11.8. The van der Waals surface area contributed by atoms with E-state index in [2.05, 4.69) is 56.9 Å². The average Bonchev–Trinajstić information content (AvgIpc) is 3.32. The number of hydrogen-bond acceptors (Lipinski definition) is 12. The Bertz CT molecular complexity index is 1460. The zero-order valence-corrected chi connectivity index (χ0v) is 48.4. The predicted molar refractivity (Wildman–Crippen MR) is 292 cm³/mol. The van der Waals surface area contributed by atoms with Crippen LogP contribution in [0.15, 0.2) is 25.3 Å². The molecule has 0 aromatic heterocycles. The van der Waals surface area contributed by atoms with Gasteiger partial charge in [0.15, 0.2) is 0 Å². The molecule has 71 heavy (non-hydrogen) atoms. The van der Waals surface area contributed by atoms with Crippen molar-refractivity contribution < 1.29 is 57.8 Å². The van der Waals surface area contributed by atoms with Crippen molar-refractivity contribution in [3.63, 3.8) is 0 Å². The summed E-state index contributed by atoms with van der Waals surface area (Å²) >= 11 is 6.14. The molecule has 0 aromatic carbocycles. The smallest absolute Gasteiger partial charge is 0.410 e. The molecule has 3 aliphatic heterocycles. The fourth-order valence-electron chi connectivity index (χ4n) is 6.73. The number of halogens is 2. The summed E-state index contributed by atoms with van der Waals surface area (Å²) in [6.07, 6.45) is 26.2. The molecule has 3 amide bonds. The van der Waals surface area contributed by atoms with Gasteiger partial charge in [0.1, 0.15) is 23.4 Å². The molecule has 0 unspecified atom stereocenters. The lowest BCUT2D eigenvalue weighted by atomic mass is 9.98. The van der Waals surface area contributed by atoms with E-state index in [4.69, 9.17) is 51.1 Å². The molecule has 17 heteroatoms. The van der Waals surface area contributed by atoms with Crippen LogP contribution in [0.1, 0.15) is 146 Å². The van der Waals surface area contributed by atoms with E-state index in [1.165, 1.54) is 32.1 Å². The minimum absolute atomic E-state index is 0.163. The number of likely N-dealkylation sites (tertiary alicyclic amines) is 3. The lowest BCUT2D eigenvalue weighted by molar-refractivity contribution is -0.0139. The summed E-state index contributed by atoms with van der Waals surface area (Å²) in [7, 11) is 0. The van der Waals surface area contributed by atoms with Gasteiger partial charge < -0.3 is 58.1 Å². The highest BCUT2D eigenvalue weighted by Gasteiger charge is 2.29. The zero-order chi connectivity index (χ0) is 54.1. The minimum Gasteiger partial charge on any atom is -0.444 e. The Hall–Kier alpha value is -2.87. The van der Waals surface area contributed by atoms with Gasteiger partial charge in [-0.2, -0.15) is 0 Å². The molecular formula is C54H95Br2N3O12. The lowest BCUT2D eigenvalue weighted by Crippen LogP contribution is -2.43. The molecule has 0 spiro atoms. The molecule has 4 rings (SSSR count). The molecule has 0 atom stereocenters. The van der Waals surface area contributed by atoms with Crippen LogP contribution in [0.5, 0.6) is 0 Å². The van der Waals surface area contributed by atoms with Crippen molar-refractivity contribution >= 4 is 50.1 Å². The largest absolute Gasteiger partial charge is 0.444 e. The first kappa shape index (κ1) is 70.2. The van der Waals surface area contributed by atoms with Crippen LogP contribution < -0.4 is 0 Å². The number of piperidine rings is 3. The molecule has 3 saturated heterocycles. The number of alkyl halides is 2. The number of amides is 3. The minimum atomic E-state index is -0.439. The molecule has 4 aliphatic rings. The second-order valence-electron chi connectivity index (χ2n) is 20.1. The Morgan fingerprint density at radius 2 is 0.958 bits per heavy atom. The number of nitrogens with zero attached hydrogens (tertiary/aromatic N) is 3. The van der Waals surface area contributed by atoms with Crippen LogP contribution in [-0.2, 0) is 33.2 Å². The fraction of sp³-hybridized carbons (Fsp3) is 0.796. The van der Waals surface area contributed by atoms with Gasteiger partial charge in [-0.15, -0.1) is 26.0 Å². The highest BCUT2D eigenvalue weighted by atomic mass is 79.9. The molecule has 1 aliphatic carbocycles. The van der Waals surface area contributed by atoms with Crippen molar-refractivity contribution in [1.29, 1.82) is 0 Å². The Morgan fingerprint density at radius 3 is 1.30 bits per heavy atom. The number of allylic oxidation sites excluding steroid dienone is 1. The van der Waals surface area contributed by atoms with E-state index in [1.54, 1.807) is 26.9 Å². The summed E-state index contributed by atoms with van der Waals surface area (Å²) in [6, 6.07) is 0. The van der Waals surface area contributed by atoms with Crippen molar-refractivity contribution in [2.24, 2.45) is 0 Å². The van der Waals surface area contributed by atoms with E-state index in [0.29, 0.717) is 89.8 Å². The molecule has 2 N–H and O–H groups in total. The van der Waals surface area contributed by atoms with Gasteiger partial charge in [0.2, 0.25) is 0 Å². The first-order valence-electron chi connectivity index (χ1n) is 25.3. The van der Waals surface area contributed by atoms with Crippen molar-refractivity contribution in [3.8, 4) is 24.7 Å². The number of ether oxygens (including phenoxy) is 7. The van der Waals surface area contributed by atoms with Gasteiger partial charge in [-0.25, -0.2) is 14.4 Å². The number of rotatable bonds is 14. The van der Waals surface area contributed by atoms with Crippen molar-refractivity contribution in [2.75, 3.05) is 89.6 Å². The monoisotopic (exact) mass is 1140 g/mol. The number of hydrogen-bond donors (Lipinski definition) is 2. The summed E-state index contributed by atoms with van der Waals surface area (Å²) in [5.74, 6) is 4.79. The third-order valence-corrected chi connectivity index (χ3v) is 10.9. The molecule has 0 aromatic rings. The van der Waals surface area contributed by atoms with Crippen molar-refractivity contribution in [3.05, 3.63) is 25.3 Å².